The van der Waals surface area contributed by atoms with E-state index in [2.05, 4.69) is 9.88 Å². The summed E-state index contributed by atoms with van der Waals surface area (Å²) in [6.07, 6.45) is 1.80. The zero-order chi connectivity index (χ0) is 13.3. The topological polar surface area (TPSA) is 39.5 Å². The lowest BCUT2D eigenvalue weighted by molar-refractivity contribution is 0.172. The standard InChI is InChI=1S/C7H12N2O.C5H13NO/c1-6-7(4-10-3)9(2)5-8-6;1-6(2)4-5-7-3/h5H,4H2,1-3H3;4-5H2,1-3H3. The van der Waals surface area contributed by atoms with Gasteiger partial charge in [-0.2, -0.15) is 0 Å². The third kappa shape index (κ3) is 7.10. The molecule has 0 aliphatic carbocycles. The SMILES string of the molecule is COCCN(C)C.COCc1c(C)ncn1C. The summed E-state index contributed by atoms with van der Waals surface area (Å²) < 4.78 is 11.8. The Balaban J connectivity index is 0.000000325. The number of likely N-dealkylation sites (N-methyl/N-ethyl adjacent to an activating group) is 1. The zero-order valence-electron chi connectivity index (χ0n) is 11.9. The lowest BCUT2D eigenvalue weighted by Crippen LogP contribution is -2.16. The van der Waals surface area contributed by atoms with Crippen molar-refractivity contribution >= 4 is 0 Å². The molecule has 0 aromatic carbocycles. The van der Waals surface area contributed by atoms with Gasteiger partial charge in [-0.15, -0.1) is 0 Å². The average Bonchev–Trinajstić information content (AvgIpc) is 2.59. The predicted octanol–water partition coefficient (Wildman–Crippen LogP) is 1.07. The molecule has 0 aliphatic rings. The number of hydrogen-bond acceptors (Lipinski definition) is 4. The minimum atomic E-state index is 0.641. The van der Waals surface area contributed by atoms with E-state index < -0.39 is 0 Å². The third-order valence-electron chi connectivity index (χ3n) is 2.29. The normalized spacial score (nSPS) is 10.3. The molecule has 0 radical (unpaired) electrons. The van der Waals surface area contributed by atoms with E-state index in [1.54, 1.807) is 20.5 Å². The van der Waals surface area contributed by atoms with Gasteiger partial charge in [0.05, 0.1) is 30.9 Å². The quantitative estimate of drug-likeness (QED) is 0.775. The van der Waals surface area contributed by atoms with Crippen molar-refractivity contribution in [2.24, 2.45) is 7.05 Å². The highest BCUT2D eigenvalue weighted by atomic mass is 16.5. The first-order valence-corrected chi connectivity index (χ1v) is 5.62. The second kappa shape index (κ2) is 9.15. The molecule has 0 aliphatic heterocycles. The largest absolute Gasteiger partial charge is 0.383 e. The molecular formula is C12H25N3O2. The minimum absolute atomic E-state index is 0.641. The fourth-order valence-corrected chi connectivity index (χ4v) is 1.19. The van der Waals surface area contributed by atoms with Crippen molar-refractivity contribution in [3.8, 4) is 0 Å². The van der Waals surface area contributed by atoms with E-state index in [-0.39, 0.29) is 0 Å². The number of ether oxygens (including phenoxy) is 2. The summed E-state index contributed by atoms with van der Waals surface area (Å²) in [5.74, 6) is 0. The summed E-state index contributed by atoms with van der Waals surface area (Å²) in [5, 5.41) is 0. The van der Waals surface area contributed by atoms with E-state index in [0.29, 0.717) is 6.61 Å². The summed E-state index contributed by atoms with van der Waals surface area (Å²) in [6.45, 7) is 4.46. The number of imidazole rings is 1. The summed E-state index contributed by atoms with van der Waals surface area (Å²) in [4.78, 5) is 6.20. The number of rotatable bonds is 5. The summed E-state index contributed by atoms with van der Waals surface area (Å²) in [5.41, 5.74) is 2.19. The Morgan fingerprint density at radius 1 is 1.29 bits per heavy atom. The van der Waals surface area contributed by atoms with Crippen LogP contribution in [0, 0.1) is 6.92 Å². The zero-order valence-corrected chi connectivity index (χ0v) is 11.9. The van der Waals surface area contributed by atoms with Gasteiger partial charge in [-0.3, -0.25) is 0 Å². The number of methoxy groups -OCH3 is 2. The molecule has 5 heteroatoms. The molecule has 0 fully saturated rings. The Hall–Kier alpha value is -0.910. The van der Waals surface area contributed by atoms with Crippen LogP contribution >= 0.6 is 0 Å². The van der Waals surface area contributed by atoms with Crippen LogP contribution in [-0.4, -0.2) is 55.9 Å². The summed E-state index contributed by atoms with van der Waals surface area (Å²) in [6, 6.07) is 0. The van der Waals surface area contributed by atoms with Crippen LogP contribution in [0.3, 0.4) is 0 Å². The van der Waals surface area contributed by atoms with Gasteiger partial charge in [0.2, 0.25) is 0 Å². The van der Waals surface area contributed by atoms with E-state index in [9.17, 15) is 0 Å². The highest BCUT2D eigenvalue weighted by Crippen LogP contribution is 2.04. The Morgan fingerprint density at radius 2 is 1.94 bits per heavy atom. The van der Waals surface area contributed by atoms with Crippen LogP contribution in [0.25, 0.3) is 0 Å². The van der Waals surface area contributed by atoms with E-state index >= 15 is 0 Å². The first-order chi connectivity index (χ1) is 8.02. The summed E-state index contributed by atoms with van der Waals surface area (Å²) >= 11 is 0. The lowest BCUT2D eigenvalue weighted by Gasteiger charge is -2.06. The highest BCUT2D eigenvalue weighted by Gasteiger charge is 2.01. The molecule has 0 bridgehead atoms. The Morgan fingerprint density at radius 3 is 2.24 bits per heavy atom. The molecule has 0 atom stereocenters. The monoisotopic (exact) mass is 243 g/mol. The molecule has 0 saturated carbocycles. The molecule has 0 saturated heterocycles. The van der Waals surface area contributed by atoms with Crippen LogP contribution in [0.1, 0.15) is 11.4 Å². The van der Waals surface area contributed by atoms with E-state index in [0.717, 1.165) is 24.5 Å². The van der Waals surface area contributed by atoms with Crippen LogP contribution in [0.15, 0.2) is 6.33 Å². The second-order valence-corrected chi connectivity index (χ2v) is 4.12. The highest BCUT2D eigenvalue weighted by molar-refractivity contribution is 5.09. The van der Waals surface area contributed by atoms with E-state index in [1.807, 2.05) is 32.6 Å². The molecule has 17 heavy (non-hydrogen) atoms. The van der Waals surface area contributed by atoms with Crippen molar-refractivity contribution in [2.75, 3.05) is 41.5 Å². The first-order valence-electron chi connectivity index (χ1n) is 5.62. The smallest absolute Gasteiger partial charge is 0.0949 e. The van der Waals surface area contributed by atoms with Gasteiger partial charge < -0.3 is 18.9 Å². The Labute approximate surface area is 104 Å². The van der Waals surface area contributed by atoms with Crippen LogP contribution in [-0.2, 0) is 23.1 Å². The lowest BCUT2D eigenvalue weighted by atomic mass is 10.3. The number of hydrogen-bond donors (Lipinski definition) is 0. The third-order valence-corrected chi connectivity index (χ3v) is 2.29. The minimum Gasteiger partial charge on any atom is -0.383 e. The van der Waals surface area contributed by atoms with Gasteiger partial charge in [0.25, 0.3) is 0 Å². The second-order valence-electron chi connectivity index (χ2n) is 4.12. The molecule has 0 unspecified atom stereocenters. The van der Waals surface area contributed by atoms with Crippen molar-refractivity contribution in [1.29, 1.82) is 0 Å². The van der Waals surface area contributed by atoms with Crippen molar-refractivity contribution in [1.82, 2.24) is 14.5 Å². The fourth-order valence-electron chi connectivity index (χ4n) is 1.19. The molecule has 1 aromatic heterocycles. The average molecular weight is 243 g/mol. The number of aryl methyl sites for hydroxylation is 2. The molecule has 0 N–H and O–H groups in total. The molecule has 1 aromatic rings. The maximum absolute atomic E-state index is 4.99. The van der Waals surface area contributed by atoms with Gasteiger partial charge in [0, 0.05) is 27.8 Å². The van der Waals surface area contributed by atoms with Gasteiger partial charge in [-0.05, 0) is 21.0 Å². The molecule has 1 heterocycles. The Bertz CT molecular complexity index is 278. The van der Waals surface area contributed by atoms with Gasteiger partial charge in [0.1, 0.15) is 0 Å². The van der Waals surface area contributed by atoms with Crippen LogP contribution in [0.5, 0.6) is 0 Å². The van der Waals surface area contributed by atoms with Crippen LogP contribution in [0.4, 0.5) is 0 Å². The van der Waals surface area contributed by atoms with E-state index in [1.165, 1.54) is 0 Å². The predicted molar refractivity (Wildman–Crippen MR) is 69.1 cm³/mol. The van der Waals surface area contributed by atoms with Gasteiger partial charge in [0.15, 0.2) is 0 Å². The van der Waals surface area contributed by atoms with Crippen LogP contribution in [0.2, 0.25) is 0 Å². The molecule has 1 rings (SSSR count). The van der Waals surface area contributed by atoms with E-state index in [4.69, 9.17) is 9.47 Å². The van der Waals surface area contributed by atoms with Gasteiger partial charge in [-0.1, -0.05) is 0 Å². The number of nitrogens with zero attached hydrogens (tertiary/aromatic N) is 3. The molecular weight excluding hydrogens is 218 g/mol. The molecule has 100 valence electrons. The first kappa shape index (κ1) is 16.1. The Kier molecular flexibility index (Phi) is 8.66. The van der Waals surface area contributed by atoms with Crippen molar-refractivity contribution in [3.63, 3.8) is 0 Å². The summed E-state index contributed by atoms with van der Waals surface area (Å²) in [7, 11) is 9.42. The van der Waals surface area contributed by atoms with Crippen molar-refractivity contribution in [2.45, 2.75) is 13.5 Å². The van der Waals surface area contributed by atoms with Gasteiger partial charge in [-0.25, -0.2) is 4.98 Å². The van der Waals surface area contributed by atoms with Crippen molar-refractivity contribution < 1.29 is 9.47 Å². The molecule has 0 spiro atoms. The van der Waals surface area contributed by atoms with Gasteiger partial charge >= 0.3 is 0 Å². The molecule has 5 nitrogen and oxygen atoms in total. The number of aromatic nitrogens is 2. The maximum Gasteiger partial charge on any atom is 0.0949 e. The molecule has 0 amide bonds. The fraction of sp³-hybridized carbons (Fsp3) is 0.750. The van der Waals surface area contributed by atoms with Crippen LogP contribution < -0.4 is 0 Å². The maximum atomic E-state index is 4.99. The van der Waals surface area contributed by atoms with Crippen molar-refractivity contribution in [3.05, 3.63) is 17.7 Å².